The van der Waals surface area contributed by atoms with Gasteiger partial charge in [-0.25, -0.2) is 9.97 Å². The van der Waals surface area contributed by atoms with Crippen LogP contribution in [0.15, 0.2) is 30.5 Å². The molecule has 1 heterocycles. The lowest BCUT2D eigenvalue weighted by Gasteiger charge is -2.04. The van der Waals surface area contributed by atoms with Crippen molar-refractivity contribution < 1.29 is 0 Å². The van der Waals surface area contributed by atoms with Crippen LogP contribution in [-0.4, -0.2) is 9.97 Å². The molecule has 2 aromatic rings. The Kier molecular flexibility index (Phi) is 2.56. The Bertz CT molecular complexity index is 497. The fraction of sp³-hybridized carbons (Fsp3) is 0.0909. The number of benzene rings is 1. The van der Waals surface area contributed by atoms with Crippen molar-refractivity contribution in [3.63, 3.8) is 0 Å². The van der Waals surface area contributed by atoms with Gasteiger partial charge in [-0.2, -0.15) is 0 Å². The molecule has 1 aromatic heterocycles. The van der Waals surface area contributed by atoms with Crippen molar-refractivity contribution in [1.82, 2.24) is 9.97 Å². The van der Waals surface area contributed by atoms with Crippen LogP contribution in [0.3, 0.4) is 0 Å². The lowest BCUT2D eigenvalue weighted by molar-refractivity contribution is 1.18. The van der Waals surface area contributed by atoms with E-state index in [9.17, 15) is 0 Å². The van der Waals surface area contributed by atoms with Gasteiger partial charge in [0.25, 0.3) is 0 Å². The van der Waals surface area contributed by atoms with Gasteiger partial charge in [0.15, 0.2) is 5.82 Å². The predicted octanol–water partition coefficient (Wildman–Crippen LogP) is 2.69. The number of anilines is 1. The third-order valence-corrected chi connectivity index (χ3v) is 2.34. The summed E-state index contributed by atoms with van der Waals surface area (Å²) in [4.78, 5) is 8.32. The molecule has 0 fully saturated rings. The number of hydrogen-bond acceptors (Lipinski definition) is 3. The van der Waals surface area contributed by atoms with Gasteiger partial charge in [0.2, 0.25) is 0 Å². The lowest BCUT2D eigenvalue weighted by atomic mass is 10.1. The SMILES string of the molecule is Cc1cc(Cl)ccc1-c1nccc(N)n1. The Morgan fingerprint density at radius 1 is 1.27 bits per heavy atom. The maximum absolute atomic E-state index is 5.87. The number of nitrogens with two attached hydrogens (primary N) is 1. The molecular formula is C11H10ClN3. The molecule has 2 N–H and O–H groups in total. The fourth-order valence-corrected chi connectivity index (χ4v) is 1.61. The number of aromatic nitrogens is 2. The van der Waals surface area contributed by atoms with E-state index >= 15 is 0 Å². The number of aryl methyl sites for hydroxylation is 1. The Hall–Kier alpha value is -1.61. The molecular weight excluding hydrogens is 210 g/mol. The van der Waals surface area contributed by atoms with Crippen LogP contribution in [0.1, 0.15) is 5.56 Å². The molecule has 4 heteroatoms. The maximum Gasteiger partial charge on any atom is 0.161 e. The molecule has 0 amide bonds. The lowest BCUT2D eigenvalue weighted by Crippen LogP contribution is -1.95. The predicted molar refractivity (Wildman–Crippen MR) is 61.6 cm³/mol. The normalized spacial score (nSPS) is 10.3. The zero-order chi connectivity index (χ0) is 10.8. The summed E-state index contributed by atoms with van der Waals surface area (Å²) in [5.41, 5.74) is 7.58. The highest BCUT2D eigenvalue weighted by molar-refractivity contribution is 6.30. The standard InChI is InChI=1S/C11H10ClN3/c1-7-6-8(12)2-3-9(7)11-14-5-4-10(13)15-11/h2-6H,1H3,(H2,13,14,15). The zero-order valence-electron chi connectivity index (χ0n) is 8.24. The first-order chi connectivity index (χ1) is 7.16. The average Bonchev–Trinajstić information content (AvgIpc) is 2.17. The number of rotatable bonds is 1. The van der Waals surface area contributed by atoms with Gasteiger partial charge in [-0.05, 0) is 36.8 Å². The molecule has 1 aromatic carbocycles. The van der Waals surface area contributed by atoms with Crippen LogP contribution in [0, 0.1) is 6.92 Å². The quantitative estimate of drug-likeness (QED) is 0.802. The molecule has 15 heavy (non-hydrogen) atoms. The number of nitrogen functional groups attached to an aromatic ring is 1. The summed E-state index contributed by atoms with van der Waals surface area (Å²) < 4.78 is 0. The first kappa shape index (κ1) is 9.93. The van der Waals surface area contributed by atoms with Gasteiger partial charge in [-0.15, -0.1) is 0 Å². The van der Waals surface area contributed by atoms with Gasteiger partial charge in [0.1, 0.15) is 5.82 Å². The molecule has 0 bridgehead atoms. The van der Waals surface area contributed by atoms with Crippen LogP contribution in [0.25, 0.3) is 11.4 Å². The van der Waals surface area contributed by atoms with Crippen molar-refractivity contribution >= 4 is 17.4 Å². The topological polar surface area (TPSA) is 51.8 Å². The summed E-state index contributed by atoms with van der Waals surface area (Å²) in [6.45, 7) is 1.97. The molecule has 0 saturated heterocycles. The Labute approximate surface area is 92.9 Å². The Morgan fingerprint density at radius 3 is 2.73 bits per heavy atom. The molecule has 0 unspecified atom stereocenters. The third-order valence-electron chi connectivity index (χ3n) is 2.11. The van der Waals surface area contributed by atoms with Crippen molar-refractivity contribution in [3.05, 3.63) is 41.0 Å². The van der Waals surface area contributed by atoms with E-state index in [1.165, 1.54) is 0 Å². The van der Waals surface area contributed by atoms with E-state index in [1.54, 1.807) is 12.3 Å². The average molecular weight is 220 g/mol. The molecule has 76 valence electrons. The van der Waals surface area contributed by atoms with Gasteiger partial charge in [0, 0.05) is 16.8 Å². The van der Waals surface area contributed by atoms with E-state index in [4.69, 9.17) is 17.3 Å². The smallest absolute Gasteiger partial charge is 0.161 e. The van der Waals surface area contributed by atoms with Gasteiger partial charge in [-0.1, -0.05) is 11.6 Å². The Morgan fingerprint density at radius 2 is 2.07 bits per heavy atom. The second-order valence-electron chi connectivity index (χ2n) is 3.26. The largest absolute Gasteiger partial charge is 0.384 e. The van der Waals surface area contributed by atoms with E-state index < -0.39 is 0 Å². The minimum atomic E-state index is 0.467. The van der Waals surface area contributed by atoms with Crippen molar-refractivity contribution in [2.75, 3.05) is 5.73 Å². The highest BCUT2D eigenvalue weighted by Crippen LogP contribution is 2.23. The zero-order valence-corrected chi connectivity index (χ0v) is 8.99. The first-order valence-corrected chi connectivity index (χ1v) is 4.89. The van der Waals surface area contributed by atoms with Crippen LogP contribution < -0.4 is 5.73 Å². The van der Waals surface area contributed by atoms with Crippen molar-refractivity contribution in [1.29, 1.82) is 0 Å². The van der Waals surface area contributed by atoms with Crippen molar-refractivity contribution in [2.24, 2.45) is 0 Å². The molecule has 0 aliphatic rings. The van der Waals surface area contributed by atoms with Crippen molar-refractivity contribution in [3.8, 4) is 11.4 Å². The summed E-state index contributed by atoms with van der Waals surface area (Å²) in [5.74, 6) is 1.10. The second kappa shape index (κ2) is 3.87. The molecule has 0 spiro atoms. The molecule has 0 radical (unpaired) electrons. The summed E-state index contributed by atoms with van der Waals surface area (Å²) >= 11 is 5.87. The van der Waals surface area contributed by atoms with E-state index in [0.717, 1.165) is 11.1 Å². The highest BCUT2D eigenvalue weighted by atomic mass is 35.5. The monoisotopic (exact) mass is 219 g/mol. The summed E-state index contributed by atoms with van der Waals surface area (Å²) in [7, 11) is 0. The fourth-order valence-electron chi connectivity index (χ4n) is 1.38. The number of hydrogen-bond donors (Lipinski definition) is 1. The summed E-state index contributed by atoms with van der Waals surface area (Å²) in [5, 5.41) is 0.708. The second-order valence-corrected chi connectivity index (χ2v) is 3.70. The highest BCUT2D eigenvalue weighted by Gasteiger charge is 2.05. The minimum absolute atomic E-state index is 0.467. The molecule has 0 atom stereocenters. The number of halogens is 1. The van der Waals surface area contributed by atoms with Crippen LogP contribution >= 0.6 is 11.6 Å². The first-order valence-electron chi connectivity index (χ1n) is 4.52. The van der Waals surface area contributed by atoms with Gasteiger partial charge < -0.3 is 5.73 Å². The van der Waals surface area contributed by atoms with E-state index in [1.807, 2.05) is 25.1 Å². The van der Waals surface area contributed by atoms with Crippen LogP contribution in [0.2, 0.25) is 5.02 Å². The molecule has 0 aliphatic carbocycles. The van der Waals surface area contributed by atoms with Crippen LogP contribution in [0.5, 0.6) is 0 Å². The Balaban J connectivity index is 2.54. The van der Waals surface area contributed by atoms with Gasteiger partial charge >= 0.3 is 0 Å². The van der Waals surface area contributed by atoms with Crippen molar-refractivity contribution in [2.45, 2.75) is 6.92 Å². The number of nitrogens with zero attached hydrogens (tertiary/aromatic N) is 2. The molecule has 3 nitrogen and oxygen atoms in total. The third kappa shape index (κ3) is 2.07. The molecule has 0 aliphatic heterocycles. The van der Waals surface area contributed by atoms with E-state index in [-0.39, 0.29) is 0 Å². The van der Waals surface area contributed by atoms with E-state index in [2.05, 4.69) is 9.97 Å². The maximum atomic E-state index is 5.87. The van der Waals surface area contributed by atoms with Crippen LogP contribution in [-0.2, 0) is 0 Å². The van der Waals surface area contributed by atoms with Crippen LogP contribution in [0.4, 0.5) is 5.82 Å². The molecule has 0 saturated carbocycles. The van der Waals surface area contributed by atoms with Gasteiger partial charge in [0.05, 0.1) is 0 Å². The summed E-state index contributed by atoms with van der Waals surface area (Å²) in [6, 6.07) is 7.25. The van der Waals surface area contributed by atoms with E-state index in [0.29, 0.717) is 16.7 Å². The molecule has 2 rings (SSSR count). The van der Waals surface area contributed by atoms with Gasteiger partial charge in [-0.3, -0.25) is 0 Å². The summed E-state index contributed by atoms with van der Waals surface area (Å²) in [6.07, 6.45) is 1.64. The minimum Gasteiger partial charge on any atom is -0.384 e.